The quantitative estimate of drug-likeness (QED) is 0.268. The molecule has 2 aromatic carbocycles. The van der Waals surface area contributed by atoms with E-state index in [1.54, 1.807) is 0 Å². The van der Waals surface area contributed by atoms with Gasteiger partial charge in [0.25, 0.3) is 11.4 Å². The highest BCUT2D eigenvalue weighted by Crippen LogP contribution is 2.28. The Morgan fingerprint density at radius 1 is 0.931 bits per heavy atom. The minimum Gasteiger partial charge on any atom is -0.378 e. The van der Waals surface area contributed by atoms with Gasteiger partial charge in [0, 0.05) is 37.0 Å². The largest absolute Gasteiger partial charge is 0.378 e. The molecule has 0 aliphatic heterocycles. The number of hydrogen-bond acceptors (Lipinski definition) is 9. The second-order valence-electron chi connectivity index (χ2n) is 6.11. The number of hydrogen-bond donors (Lipinski definition) is 2. The van der Waals surface area contributed by atoms with Gasteiger partial charge >= 0.3 is 0 Å². The number of nitro benzene ring substituents is 2. The molecule has 154 valence electrons. The Balaban J connectivity index is 2.10. The van der Waals surface area contributed by atoms with E-state index in [1.807, 2.05) is 0 Å². The Labute approximate surface area is 166 Å². The van der Waals surface area contributed by atoms with Crippen molar-refractivity contribution in [3.63, 3.8) is 0 Å². The molecule has 0 aromatic heterocycles. The number of sulfone groups is 1. The molecule has 0 aliphatic rings. The van der Waals surface area contributed by atoms with Crippen LogP contribution in [0.3, 0.4) is 0 Å². The number of anilines is 2. The van der Waals surface area contributed by atoms with Crippen molar-refractivity contribution in [2.45, 2.75) is 11.8 Å². The molecule has 2 rings (SSSR count). The maximum Gasteiger partial charge on any atom is 0.293 e. The molecule has 0 heterocycles. The zero-order valence-electron chi connectivity index (χ0n) is 15.5. The zero-order chi connectivity index (χ0) is 21.8. The minimum absolute atomic E-state index is 0.116. The molecule has 0 unspecified atom stereocenters. The first-order valence-corrected chi connectivity index (χ1v) is 10.2. The molecule has 0 saturated heterocycles. The van der Waals surface area contributed by atoms with Gasteiger partial charge < -0.3 is 10.6 Å². The minimum atomic E-state index is -3.59. The molecule has 0 saturated carbocycles. The lowest BCUT2D eigenvalue weighted by Crippen LogP contribution is -2.15. The van der Waals surface area contributed by atoms with Gasteiger partial charge in [0.2, 0.25) is 0 Å². The van der Waals surface area contributed by atoms with Gasteiger partial charge in [-0.15, -0.1) is 0 Å². The van der Waals surface area contributed by atoms with Crippen LogP contribution in [0.25, 0.3) is 0 Å². The molecule has 0 atom stereocenters. The van der Waals surface area contributed by atoms with E-state index in [1.165, 1.54) is 37.3 Å². The van der Waals surface area contributed by atoms with Gasteiger partial charge in [-0.1, -0.05) is 0 Å². The normalized spacial score (nSPS) is 11.0. The number of benzene rings is 2. The molecule has 0 fully saturated rings. The summed E-state index contributed by atoms with van der Waals surface area (Å²) in [5.41, 5.74) is -0.137. The topological polar surface area (TPSA) is 162 Å². The summed E-state index contributed by atoms with van der Waals surface area (Å²) in [7, 11) is -3.59. The van der Waals surface area contributed by atoms with E-state index in [0.29, 0.717) is 0 Å². The summed E-state index contributed by atoms with van der Waals surface area (Å²) in [5.74, 6) is -0.300. The van der Waals surface area contributed by atoms with Gasteiger partial charge in [-0.3, -0.25) is 25.0 Å². The Kier molecular flexibility index (Phi) is 6.49. The molecular weight excluding hydrogens is 404 g/mol. The molecule has 0 bridgehead atoms. The summed E-state index contributed by atoms with van der Waals surface area (Å²) in [5, 5.41) is 28.0. The SMILES string of the molecule is CC(=O)c1ccc(NCCNc2ccc(S(C)(=O)=O)cc2[N+](=O)[O-])c([N+](=O)[O-])c1. The number of nitrogens with zero attached hydrogens (tertiary/aromatic N) is 2. The second kappa shape index (κ2) is 8.65. The molecule has 2 N–H and O–H groups in total. The van der Waals surface area contributed by atoms with Crippen LogP contribution in [0.5, 0.6) is 0 Å². The Morgan fingerprint density at radius 3 is 1.86 bits per heavy atom. The summed E-state index contributed by atoms with van der Waals surface area (Å²) in [6.07, 6.45) is 0.952. The summed E-state index contributed by atoms with van der Waals surface area (Å²) in [6, 6.07) is 7.56. The third-order valence-corrected chi connectivity index (χ3v) is 5.06. The van der Waals surface area contributed by atoms with E-state index in [9.17, 15) is 33.4 Å². The first-order valence-electron chi connectivity index (χ1n) is 8.26. The van der Waals surface area contributed by atoms with E-state index in [-0.39, 0.29) is 46.4 Å². The smallest absolute Gasteiger partial charge is 0.293 e. The lowest BCUT2D eigenvalue weighted by Gasteiger charge is -2.11. The zero-order valence-corrected chi connectivity index (χ0v) is 16.4. The monoisotopic (exact) mass is 422 g/mol. The fourth-order valence-electron chi connectivity index (χ4n) is 2.49. The lowest BCUT2D eigenvalue weighted by atomic mass is 10.1. The molecule has 0 amide bonds. The number of rotatable bonds is 9. The van der Waals surface area contributed by atoms with Crippen LogP contribution in [0.2, 0.25) is 0 Å². The third kappa shape index (κ3) is 5.48. The van der Waals surface area contributed by atoms with Gasteiger partial charge in [0.15, 0.2) is 15.6 Å². The lowest BCUT2D eigenvalue weighted by molar-refractivity contribution is -0.384. The maximum absolute atomic E-state index is 11.6. The van der Waals surface area contributed by atoms with E-state index in [4.69, 9.17) is 0 Å². The number of Topliss-reactive ketones (excluding diaryl/α,β-unsaturated/α-hetero) is 1. The van der Waals surface area contributed by atoms with Gasteiger partial charge in [-0.2, -0.15) is 0 Å². The highest BCUT2D eigenvalue weighted by Gasteiger charge is 2.19. The summed E-state index contributed by atoms with van der Waals surface area (Å²) in [6.45, 7) is 1.63. The van der Waals surface area contributed by atoms with Crippen LogP contribution < -0.4 is 10.6 Å². The molecule has 0 aliphatic carbocycles. The first kappa shape index (κ1) is 21.8. The van der Waals surface area contributed by atoms with Crippen LogP contribution in [-0.2, 0) is 9.84 Å². The molecule has 2 aromatic rings. The molecule has 0 spiro atoms. The Morgan fingerprint density at radius 2 is 1.41 bits per heavy atom. The molecule has 12 heteroatoms. The van der Waals surface area contributed by atoms with Crippen LogP contribution in [0.15, 0.2) is 41.3 Å². The molecule has 0 radical (unpaired) electrons. The van der Waals surface area contributed by atoms with Crippen molar-refractivity contribution in [3.8, 4) is 0 Å². The van der Waals surface area contributed by atoms with Crippen molar-refractivity contribution < 1.29 is 23.1 Å². The number of nitrogens with one attached hydrogen (secondary N) is 2. The van der Waals surface area contributed by atoms with Gasteiger partial charge in [-0.25, -0.2) is 8.42 Å². The van der Waals surface area contributed by atoms with E-state index >= 15 is 0 Å². The predicted molar refractivity (Wildman–Crippen MR) is 106 cm³/mol. The molecule has 29 heavy (non-hydrogen) atoms. The third-order valence-electron chi connectivity index (χ3n) is 3.95. The molecular formula is C17H18N4O7S. The summed E-state index contributed by atoms with van der Waals surface area (Å²) in [4.78, 5) is 32.3. The molecule has 11 nitrogen and oxygen atoms in total. The number of ketones is 1. The average molecular weight is 422 g/mol. The van der Waals surface area contributed by atoms with Crippen molar-refractivity contribution in [1.29, 1.82) is 0 Å². The number of nitro groups is 2. The fourth-order valence-corrected chi connectivity index (χ4v) is 3.13. The summed E-state index contributed by atoms with van der Waals surface area (Å²) < 4.78 is 23.1. The number of carbonyl (C=O) groups is 1. The van der Waals surface area contributed by atoms with Crippen LogP contribution in [0.1, 0.15) is 17.3 Å². The summed E-state index contributed by atoms with van der Waals surface area (Å²) >= 11 is 0. The predicted octanol–water partition coefficient (Wildman–Crippen LogP) is 2.63. The Bertz CT molecular complexity index is 1080. The highest BCUT2D eigenvalue weighted by atomic mass is 32.2. The fraction of sp³-hybridized carbons (Fsp3) is 0.235. The van der Waals surface area contributed by atoms with Crippen LogP contribution in [0.4, 0.5) is 22.7 Å². The highest BCUT2D eigenvalue weighted by molar-refractivity contribution is 7.90. The number of carbonyl (C=O) groups excluding carboxylic acids is 1. The van der Waals surface area contributed by atoms with Gasteiger partial charge in [0.05, 0.1) is 14.7 Å². The van der Waals surface area contributed by atoms with Crippen molar-refractivity contribution in [2.24, 2.45) is 0 Å². The average Bonchev–Trinajstić information content (AvgIpc) is 2.64. The van der Waals surface area contributed by atoms with Crippen molar-refractivity contribution in [1.82, 2.24) is 0 Å². The van der Waals surface area contributed by atoms with Gasteiger partial charge in [-0.05, 0) is 31.2 Å². The van der Waals surface area contributed by atoms with E-state index < -0.39 is 25.4 Å². The second-order valence-corrected chi connectivity index (χ2v) is 8.12. The first-order chi connectivity index (χ1) is 13.5. The maximum atomic E-state index is 11.6. The van der Waals surface area contributed by atoms with E-state index in [0.717, 1.165) is 12.3 Å². The van der Waals surface area contributed by atoms with Crippen LogP contribution in [0, 0.1) is 20.2 Å². The van der Waals surface area contributed by atoms with Crippen LogP contribution in [-0.4, -0.2) is 43.4 Å². The van der Waals surface area contributed by atoms with Gasteiger partial charge in [0.1, 0.15) is 11.4 Å². The van der Waals surface area contributed by atoms with Crippen molar-refractivity contribution in [2.75, 3.05) is 30.0 Å². The van der Waals surface area contributed by atoms with Crippen LogP contribution >= 0.6 is 0 Å². The van der Waals surface area contributed by atoms with Crippen molar-refractivity contribution >= 4 is 38.4 Å². The van der Waals surface area contributed by atoms with E-state index in [2.05, 4.69) is 10.6 Å². The standard InChI is InChI=1S/C17H18N4O7S/c1-11(22)12-3-5-14(16(9-12)20(23)24)18-7-8-19-15-6-4-13(29(2,27)28)10-17(15)21(25)26/h3-6,9-10,18-19H,7-8H2,1-2H3. The van der Waals surface area contributed by atoms with Crippen molar-refractivity contribution in [3.05, 3.63) is 62.2 Å². The Hall–Kier alpha value is -3.54.